The zero-order valence-corrected chi connectivity index (χ0v) is 13.9. The molecule has 20 heavy (non-hydrogen) atoms. The maximum absolute atomic E-state index is 6.39. The lowest BCUT2D eigenvalue weighted by Crippen LogP contribution is -2.26. The van der Waals surface area contributed by atoms with Gasteiger partial charge in [0.05, 0.1) is 0 Å². The van der Waals surface area contributed by atoms with Crippen LogP contribution in [0.1, 0.15) is 36.9 Å². The highest BCUT2D eigenvalue weighted by atomic mass is 79.9. The highest BCUT2D eigenvalue weighted by molar-refractivity contribution is 9.10. The van der Waals surface area contributed by atoms with E-state index in [1.54, 1.807) is 0 Å². The number of hydrogen-bond acceptors (Lipinski definition) is 2. The third-order valence-electron chi connectivity index (χ3n) is 3.45. The van der Waals surface area contributed by atoms with Gasteiger partial charge in [-0.1, -0.05) is 41.4 Å². The van der Waals surface area contributed by atoms with Crippen LogP contribution in [0.2, 0.25) is 5.02 Å². The van der Waals surface area contributed by atoms with Crippen molar-refractivity contribution in [1.29, 1.82) is 0 Å². The van der Waals surface area contributed by atoms with Crippen molar-refractivity contribution in [3.8, 4) is 0 Å². The van der Waals surface area contributed by atoms with Crippen LogP contribution in [-0.4, -0.2) is 11.5 Å². The van der Waals surface area contributed by atoms with Gasteiger partial charge in [-0.05, 0) is 48.0 Å². The molecule has 1 N–H and O–H groups in total. The second-order valence-electron chi connectivity index (χ2n) is 4.77. The van der Waals surface area contributed by atoms with Crippen molar-refractivity contribution in [3.63, 3.8) is 0 Å². The average Bonchev–Trinajstić information content (AvgIpc) is 2.48. The predicted molar refractivity (Wildman–Crippen MR) is 88.2 cm³/mol. The Bertz CT molecular complexity index is 560. The topological polar surface area (TPSA) is 24.9 Å². The van der Waals surface area contributed by atoms with E-state index in [0.717, 1.165) is 21.6 Å². The van der Waals surface area contributed by atoms with E-state index in [0.29, 0.717) is 5.92 Å². The Balaban J connectivity index is 2.38. The highest BCUT2D eigenvalue weighted by Crippen LogP contribution is 2.35. The zero-order valence-electron chi connectivity index (χ0n) is 11.6. The van der Waals surface area contributed by atoms with Crippen molar-refractivity contribution in [2.45, 2.75) is 25.8 Å². The number of halogens is 2. The summed E-state index contributed by atoms with van der Waals surface area (Å²) in [5, 5.41) is 4.33. The highest BCUT2D eigenvalue weighted by Gasteiger charge is 2.22. The minimum absolute atomic E-state index is 0.174. The number of pyridine rings is 1. The molecule has 0 fully saturated rings. The molecule has 0 aliphatic rings. The van der Waals surface area contributed by atoms with Gasteiger partial charge in [0.15, 0.2) is 0 Å². The van der Waals surface area contributed by atoms with Crippen molar-refractivity contribution >= 4 is 27.5 Å². The fraction of sp³-hybridized carbons (Fsp3) is 0.312. The standard InChI is InChI=1S/C16H18BrClN2/c1-3-20-16(11(2)12-6-8-19-9-7-12)14-10-13(17)4-5-15(14)18/h4-11,16,20H,3H2,1-2H3. The molecule has 2 unspecified atom stereocenters. The van der Waals surface area contributed by atoms with Crippen molar-refractivity contribution in [2.75, 3.05) is 6.54 Å². The molecule has 0 aliphatic heterocycles. The summed E-state index contributed by atoms with van der Waals surface area (Å²) < 4.78 is 1.04. The van der Waals surface area contributed by atoms with Gasteiger partial charge >= 0.3 is 0 Å². The largest absolute Gasteiger partial charge is 0.310 e. The Labute approximate surface area is 133 Å². The van der Waals surface area contributed by atoms with Crippen LogP contribution in [0.3, 0.4) is 0 Å². The van der Waals surface area contributed by atoms with Gasteiger partial charge in [-0.25, -0.2) is 0 Å². The fourth-order valence-corrected chi connectivity index (χ4v) is 3.00. The summed E-state index contributed by atoms with van der Waals surface area (Å²) in [5.41, 5.74) is 2.37. The molecule has 0 bridgehead atoms. The Kier molecular flexibility index (Phi) is 5.58. The van der Waals surface area contributed by atoms with Crippen molar-refractivity contribution in [2.24, 2.45) is 0 Å². The number of nitrogens with zero attached hydrogens (tertiary/aromatic N) is 1. The minimum Gasteiger partial charge on any atom is -0.310 e. The second-order valence-corrected chi connectivity index (χ2v) is 6.09. The summed E-state index contributed by atoms with van der Waals surface area (Å²) in [5.74, 6) is 0.310. The second kappa shape index (κ2) is 7.21. The maximum Gasteiger partial charge on any atom is 0.0454 e. The van der Waals surface area contributed by atoms with E-state index in [1.165, 1.54) is 5.56 Å². The number of nitrogens with one attached hydrogen (secondary N) is 1. The molecule has 106 valence electrons. The molecule has 0 spiro atoms. The lowest BCUT2D eigenvalue weighted by Gasteiger charge is -2.26. The van der Waals surface area contributed by atoms with Crippen LogP contribution in [0, 0.1) is 0 Å². The SMILES string of the molecule is CCNC(c1cc(Br)ccc1Cl)C(C)c1ccncc1. The molecule has 0 saturated heterocycles. The third-order valence-corrected chi connectivity index (χ3v) is 4.29. The number of benzene rings is 1. The number of rotatable bonds is 5. The first-order valence-electron chi connectivity index (χ1n) is 6.71. The van der Waals surface area contributed by atoms with Crippen LogP contribution in [0.15, 0.2) is 47.2 Å². The number of aromatic nitrogens is 1. The Hall–Kier alpha value is -0.900. The van der Waals surface area contributed by atoms with E-state index in [1.807, 2.05) is 24.5 Å². The molecular weight excluding hydrogens is 336 g/mol. The molecule has 1 aromatic heterocycles. The zero-order chi connectivity index (χ0) is 14.5. The van der Waals surface area contributed by atoms with Crippen molar-refractivity contribution in [3.05, 3.63) is 63.3 Å². The van der Waals surface area contributed by atoms with Crippen LogP contribution in [0.25, 0.3) is 0 Å². The maximum atomic E-state index is 6.39. The normalized spacial score (nSPS) is 14.0. The molecule has 0 amide bonds. The van der Waals surface area contributed by atoms with Gasteiger partial charge in [0.2, 0.25) is 0 Å². The quantitative estimate of drug-likeness (QED) is 0.822. The molecular formula is C16H18BrClN2. The molecule has 2 atom stereocenters. The summed E-state index contributed by atoms with van der Waals surface area (Å²) in [6, 6.07) is 10.3. The van der Waals surface area contributed by atoms with E-state index in [9.17, 15) is 0 Å². The van der Waals surface area contributed by atoms with Crippen molar-refractivity contribution < 1.29 is 0 Å². The first-order valence-corrected chi connectivity index (χ1v) is 7.88. The molecule has 2 rings (SSSR count). The van der Waals surface area contributed by atoms with Gasteiger partial charge in [-0.15, -0.1) is 0 Å². The van der Waals surface area contributed by atoms with Gasteiger partial charge in [-0.3, -0.25) is 4.98 Å². The van der Waals surface area contributed by atoms with Gasteiger partial charge in [-0.2, -0.15) is 0 Å². The summed E-state index contributed by atoms with van der Waals surface area (Å²) >= 11 is 9.91. The van der Waals surface area contributed by atoms with E-state index >= 15 is 0 Å². The third kappa shape index (κ3) is 3.60. The minimum atomic E-state index is 0.174. The Morgan fingerprint density at radius 2 is 1.95 bits per heavy atom. The van der Waals surface area contributed by atoms with Crippen molar-refractivity contribution in [1.82, 2.24) is 10.3 Å². The molecule has 0 aliphatic carbocycles. The van der Waals surface area contributed by atoms with Crippen LogP contribution in [0.4, 0.5) is 0 Å². The summed E-state index contributed by atoms with van der Waals surface area (Å²) in [6.45, 7) is 5.21. The molecule has 2 nitrogen and oxygen atoms in total. The Morgan fingerprint density at radius 3 is 2.60 bits per heavy atom. The first-order chi connectivity index (χ1) is 9.63. The molecule has 0 radical (unpaired) electrons. The number of hydrogen-bond donors (Lipinski definition) is 1. The fourth-order valence-electron chi connectivity index (χ4n) is 2.39. The van der Waals surface area contributed by atoms with Gasteiger partial charge in [0, 0.05) is 33.8 Å². The van der Waals surface area contributed by atoms with E-state index in [4.69, 9.17) is 11.6 Å². The van der Waals surface area contributed by atoms with E-state index < -0.39 is 0 Å². The predicted octanol–water partition coefficient (Wildman–Crippen LogP) is 4.95. The molecule has 0 saturated carbocycles. The monoisotopic (exact) mass is 352 g/mol. The first kappa shape index (κ1) is 15.5. The summed E-state index contributed by atoms with van der Waals surface area (Å²) in [4.78, 5) is 4.08. The average molecular weight is 354 g/mol. The molecule has 1 aromatic carbocycles. The lowest BCUT2D eigenvalue weighted by molar-refractivity contribution is 0.479. The lowest BCUT2D eigenvalue weighted by atomic mass is 9.89. The molecule has 2 aromatic rings. The van der Waals surface area contributed by atoms with E-state index in [2.05, 4.69) is 58.3 Å². The smallest absolute Gasteiger partial charge is 0.0454 e. The van der Waals surface area contributed by atoms with Gasteiger partial charge in [0.25, 0.3) is 0 Å². The van der Waals surface area contributed by atoms with Crippen LogP contribution >= 0.6 is 27.5 Å². The van der Waals surface area contributed by atoms with Crippen LogP contribution in [0.5, 0.6) is 0 Å². The number of likely N-dealkylation sites (N-methyl/N-ethyl adjacent to an activating group) is 1. The summed E-state index contributed by atoms with van der Waals surface area (Å²) in [6.07, 6.45) is 3.66. The Morgan fingerprint density at radius 1 is 1.25 bits per heavy atom. The van der Waals surface area contributed by atoms with Gasteiger partial charge in [0.1, 0.15) is 0 Å². The molecule has 4 heteroatoms. The van der Waals surface area contributed by atoms with Crippen LogP contribution < -0.4 is 5.32 Å². The van der Waals surface area contributed by atoms with E-state index in [-0.39, 0.29) is 6.04 Å². The summed E-state index contributed by atoms with van der Waals surface area (Å²) in [7, 11) is 0. The van der Waals surface area contributed by atoms with Crippen LogP contribution in [-0.2, 0) is 0 Å². The van der Waals surface area contributed by atoms with Gasteiger partial charge < -0.3 is 5.32 Å². The molecule has 1 heterocycles.